The highest BCUT2D eigenvalue weighted by Crippen LogP contribution is 2.28. The smallest absolute Gasteiger partial charge is 0.207 e. The summed E-state index contributed by atoms with van der Waals surface area (Å²) in [7, 11) is -3.40. The second kappa shape index (κ2) is 6.46. The first kappa shape index (κ1) is 15.8. The molecule has 5 heteroatoms. The zero-order valence-electron chi connectivity index (χ0n) is 12.1. The quantitative estimate of drug-likeness (QED) is 0.795. The zero-order chi connectivity index (χ0) is 14.8. The Morgan fingerprint density at radius 2 is 2.10 bits per heavy atom. The molecule has 0 bridgehead atoms. The van der Waals surface area contributed by atoms with Crippen molar-refractivity contribution in [1.29, 1.82) is 0 Å². The SMILES string of the molecule is CCC1CCCCN1S(=O)(=O)c1ccc(C)c(CCl)c1. The Morgan fingerprint density at radius 1 is 1.35 bits per heavy atom. The van der Waals surface area contributed by atoms with Gasteiger partial charge in [-0.2, -0.15) is 4.31 Å². The Morgan fingerprint density at radius 3 is 2.75 bits per heavy atom. The van der Waals surface area contributed by atoms with Crippen molar-refractivity contribution in [2.75, 3.05) is 6.54 Å². The van der Waals surface area contributed by atoms with E-state index in [0.29, 0.717) is 17.3 Å². The van der Waals surface area contributed by atoms with Crippen LogP contribution in [0, 0.1) is 6.92 Å². The van der Waals surface area contributed by atoms with Crippen molar-refractivity contribution in [1.82, 2.24) is 4.31 Å². The van der Waals surface area contributed by atoms with Crippen LogP contribution in [0.3, 0.4) is 0 Å². The first-order valence-corrected chi connectivity index (χ1v) is 9.15. The molecule has 1 aromatic carbocycles. The maximum Gasteiger partial charge on any atom is 0.243 e. The fraction of sp³-hybridized carbons (Fsp3) is 0.600. The molecule has 1 aliphatic rings. The highest BCUT2D eigenvalue weighted by molar-refractivity contribution is 7.89. The van der Waals surface area contributed by atoms with Crippen LogP contribution in [-0.2, 0) is 15.9 Å². The summed E-state index contributed by atoms with van der Waals surface area (Å²) in [6.07, 6.45) is 3.90. The molecule has 0 amide bonds. The van der Waals surface area contributed by atoms with Crippen molar-refractivity contribution in [3.63, 3.8) is 0 Å². The number of piperidine rings is 1. The summed E-state index contributed by atoms with van der Waals surface area (Å²) in [5.74, 6) is 0.340. The van der Waals surface area contributed by atoms with Gasteiger partial charge in [0.2, 0.25) is 10.0 Å². The van der Waals surface area contributed by atoms with Crippen molar-refractivity contribution >= 4 is 21.6 Å². The highest BCUT2D eigenvalue weighted by Gasteiger charge is 2.32. The summed E-state index contributed by atoms with van der Waals surface area (Å²) >= 11 is 5.89. The molecule has 1 saturated heterocycles. The third kappa shape index (κ3) is 3.02. The van der Waals surface area contributed by atoms with Gasteiger partial charge in [0.25, 0.3) is 0 Å². The van der Waals surface area contributed by atoms with Crippen molar-refractivity contribution in [3.05, 3.63) is 29.3 Å². The normalized spacial score (nSPS) is 21.1. The van der Waals surface area contributed by atoms with Crippen LogP contribution in [0.25, 0.3) is 0 Å². The van der Waals surface area contributed by atoms with E-state index in [1.807, 2.05) is 13.0 Å². The van der Waals surface area contributed by atoms with Crippen LogP contribution in [0.1, 0.15) is 43.7 Å². The average Bonchev–Trinajstić information content (AvgIpc) is 2.47. The second-order valence-electron chi connectivity index (χ2n) is 5.40. The van der Waals surface area contributed by atoms with Gasteiger partial charge in [0.05, 0.1) is 4.90 Å². The van der Waals surface area contributed by atoms with E-state index in [-0.39, 0.29) is 6.04 Å². The third-order valence-electron chi connectivity index (χ3n) is 4.12. The van der Waals surface area contributed by atoms with E-state index in [0.717, 1.165) is 36.8 Å². The molecule has 112 valence electrons. The Hall–Kier alpha value is -0.580. The molecule has 1 heterocycles. The predicted molar refractivity (Wildman–Crippen MR) is 82.6 cm³/mol. The van der Waals surface area contributed by atoms with Gasteiger partial charge in [-0.15, -0.1) is 11.6 Å². The second-order valence-corrected chi connectivity index (χ2v) is 7.55. The summed E-state index contributed by atoms with van der Waals surface area (Å²) in [5, 5.41) is 0. The van der Waals surface area contributed by atoms with Crippen LogP contribution < -0.4 is 0 Å². The van der Waals surface area contributed by atoms with Gasteiger partial charge >= 0.3 is 0 Å². The Kier molecular flexibility index (Phi) is 5.10. The number of aryl methyl sites for hydroxylation is 1. The number of nitrogens with zero attached hydrogens (tertiary/aromatic N) is 1. The Bertz CT molecular complexity index is 571. The topological polar surface area (TPSA) is 37.4 Å². The molecular weight excluding hydrogens is 294 g/mol. The van der Waals surface area contributed by atoms with Gasteiger partial charge in [-0.3, -0.25) is 0 Å². The van der Waals surface area contributed by atoms with Gasteiger partial charge in [0.1, 0.15) is 0 Å². The standard InChI is InChI=1S/C15H22ClNO2S/c1-3-14-6-4-5-9-17(14)20(18,19)15-8-7-12(2)13(10-15)11-16/h7-8,10,14H,3-6,9,11H2,1-2H3. The van der Waals surface area contributed by atoms with Crippen LogP contribution in [0.4, 0.5) is 0 Å². The number of benzene rings is 1. The molecule has 0 radical (unpaired) electrons. The molecule has 2 rings (SSSR count). The van der Waals surface area contributed by atoms with Gasteiger partial charge < -0.3 is 0 Å². The minimum absolute atomic E-state index is 0.134. The lowest BCUT2D eigenvalue weighted by atomic mass is 10.0. The molecule has 0 saturated carbocycles. The van der Waals surface area contributed by atoms with Crippen LogP contribution in [0.2, 0.25) is 0 Å². The Labute approximate surface area is 127 Å². The lowest BCUT2D eigenvalue weighted by molar-refractivity contribution is 0.246. The molecular formula is C15H22ClNO2S. The maximum atomic E-state index is 12.8. The molecule has 3 nitrogen and oxygen atoms in total. The van der Waals surface area contributed by atoms with Crippen molar-refractivity contribution in [2.45, 2.75) is 56.3 Å². The first-order valence-electron chi connectivity index (χ1n) is 7.18. The van der Waals surface area contributed by atoms with Gasteiger partial charge in [0, 0.05) is 18.5 Å². The van der Waals surface area contributed by atoms with Crippen LogP contribution in [0.15, 0.2) is 23.1 Å². The van der Waals surface area contributed by atoms with Crippen LogP contribution in [0.5, 0.6) is 0 Å². The van der Waals surface area contributed by atoms with E-state index in [2.05, 4.69) is 6.92 Å². The lowest BCUT2D eigenvalue weighted by Crippen LogP contribution is -2.43. The molecule has 20 heavy (non-hydrogen) atoms. The van der Waals surface area contributed by atoms with Crippen molar-refractivity contribution in [3.8, 4) is 0 Å². The van der Waals surface area contributed by atoms with E-state index in [9.17, 15) is 8.42 Å². The fourth-order valence-electron chi connectivity index (χ4n) is 2.79. The minimum Gasteiger partial charge on any atom is -0.207 e. The van der Waals surface area contributed by atoms with Crippen LogP contribution >= 0.6 is 11.6 Å². The predicted octanol–water partition coefficient (Wildman–Crippen LogP) is 3.69. The van der Waals surface area contributed by atoms with Crippen molar-refractivity contribution in [2.24, 2.45) is 0 Å². The number of sulfonamides is 1. The highest BCUT2D eigenvalue weighted by atomic mass is 35.5. The third-order valence-corrected chi connectivity index (χ3v) is 6.35. The first-order chi connectivity index (χ1) is 9.50. The molecule has 0 spiro atoms. The molecule has 1 fully saturated rings. The van der Waals surface area contributed by atoms with E-state index in [4.69, 9.17) is 11.6 Å². The number of rotatable bonds is 4. The summed E-state index contributed by atoms with van der Waals surface area (Å²) in [6, 6.07) is 5.39. The van der Waals surface area contributed by atoms with Gasteiger partial charge in [-0.1, -0.05) is 19.4 Å². The number of hydrogen-bond acceptors (Lipinski definition) is 2. The molecule has 1 aromatic rings. The average molecular weight is 316 g/mol. The van der Waals surface area contributed by atoms with Gasteiger partial charge in [-0.25, -0.2) is 8.42 Å². The van der Waals surface area contributed by atoms with E-state index in [1.54, 1.807) is 16.4 Å². The monoisotopic (exact) mass is 315 g/mol. The number of alkyl halides is 1. The zero-order valence-corrected chi connectivity index (χ0v) is 13.7. The Balaban J connectivity index is 2.38. The molecule has 0 N–H and O–H groups in total. The van der Waals surface area contributed by atoms with Gasteiger partial charge in [-0.05, 0) is 49.4 Å². The molecule has 1 aliphatic heterocycles. The lowest BCUT2D eigenvalue weighted by Gasteiger charge is -2.34. The summed E-state index contributed by atoms with van der Waals surface area (Å²) in [6.45, 7) is 4.63. The maximum absolute atomic E-state index is 12.8. The number of hydrogen-bond donors (Lipinski definition) is 0. The van der Waals surface area contributed by atoms with E-state index >= 15 is 0 Å². The summed E-state index contributed by atoms with van der Waals surface area (Å²) in [4.78, 5) is 0.374. The molecule has 1 unspecified atom stereocenters. The van der Waals surface area contributed by atoms with Crippen molar-refractivity contribution < 1.29 is 8.42 Å². The number of halogens is 1. The van der Waals surface area contributed by atoms with Crippen LogP contribution in [-0.4, -0.2) is 25.3 Å². The van der Waals surface area contributed by atoms with E-state index < -0.39 is 10.0 Å². The summed E-state index contributed by atoms with van der Waals surface area (Å²) in [5.41, 5.74) is 1.92. The molecule has 1 atom stereocenters. The van der Waals surface area contributed by atoms with Gasteiger partial charge in [0.15, 0.2) is 0 Å². The van der Waals surface area contributed by atoms with E-state index in [1.165, 1.54) is 0 Å². The minimum atomic E-state index is -3.40. The summed E-state index contributed by atoms with van der Waals surface area (Å²) < 4.78 is 27.3. The molecule has 0 aliphatic carbocycles. The largest absolute Gasteiger partial charge is 0.243 e. The molecule has 0 aromatic heterocycles. The fourth-order valence-corrected chi connectivity index (χ4v) is 4.89.